The van der Waals surface area contributed by atoms with E-state index in [-0.39, 0.29) is 24.2 Å². The van der Waals surface area contributed by atoms with E-state index in [0.717, 1.165) is 32.2 Å². The van der Waals surface area contributed by atoms with Gasteiger partial charge in [-0.05, 0) is 37.3 Å². The molecule has 3 N–H and O–H groups in total. The topological polar surface area (TPSA) is 79.5 Å². The summed E-state index contributed by atoms with van der Waals surface area (Å²) in [4.78, 5) is 23.6. The third-order valence-electron chi connectivity index (χ3n) is 4.25. The summed E-state index contributed by atoms with van der Waals surface area (Å²) in [6.07, 6.45) is 3.40. The standard InChI is InChI=1S/C19H31N3O3.ClH/c1-4-15(2)17(22-19(24)25-3)18(23)21-14-20-13-9-8-12-16-10-6-5-7-11-16;/h5-7,10-11,15,17,20H,4,8-9,12-14H2,1-3H3,(H,21,23)(H,22,24);1H/t15-,17-;/m0./s1. The molecule has 0 saturated heterocycles. The molecule has 0 unspecified atom stereocenters. The number of methoxy groups -OCH3 is 1. The molecule has 0 heterocycles. The van der Waals surface area contributed by atoms with Gasteiger partial charge in [0.25, 0.3) is 0 Å². The Kier molecular flexibility index (Phi) is 13.4. The predicted octanol–water partition coefficient (Wildman–Crippen LogP) is 2.87. The summed E-state index contributed by atoms with van der Waals surface area (Å²) in [6.45, 7) is 5.14. The molecular weight excluding hydrogens is 354 g/mol. The number of hydrogen-bond acceptors (Lipinski definition) is 4. The zero-order valence-electron chi connectivity index (χ0n) is 15.9. The molecule has 7 heteroatoms. The minimum Gasteiger partial charge on any atom is -0.453 e. The Bertz CT molecular complexity index is 514. The van der Waals surface area contributed by atoms with Gasteiger partial charge in [-0.3, -0.25) is 10.1 Å². The molecule has 0 bridgehead atoms. The number of aryl methyl sites for hydroxylation is 1. The van der Waals surface area contributed by atoms with Crippen LogP contribution in [0.2, 0.25) is 0 Å². The Hall–Kier alpha value is -1.79. The number of nitrogens with one attached hydrogen (secondary N) is 3. The highest BCUT2D eigenvalue weighted by molar-refractivity contribution is 5.86. The van der Waals surface area contributed by atoms with Crippen LogP contribution in [0.15, 0.2) is 30.3 Å². The molecule has 0 radical (unpaired) electrons. The van der Waals surface area contributed by atoms with Gasteiger partial charge in [0.2, 0.25) is 5.91 Å². The first-order chi connectivity index (χ1) is 12.1. The van der Waals surface area contributed by atoms with Gasteiger partial charge in [-0.1, -0.05) is 50.6 Å². The summed E-state index contributed by atoms with van der Waals surface area (Å²) in [5.74, 6) is -0.165. The van der Waals surface area contributed by atoms with Gasteiger partial charge in [0.15, 0.2) is 0 Å². The third kappa shape index (κ3) is 9.63. The quantitative estimate of drug-likeness (QED) is 0.404. The van der Waals surface area contributed by atoms with E-state index in [4.69, 9.17) is 0 Å². The molecular formula is C19H32ClN3O3. The summed E-state index contributed by atoms with van der Waals surface area (Å²) < 4.78 is 4.59. The lowest BCUT2D eigenvalue weighted by Gasteiger charge is -2.22. The van der Waals surface area contributed by atoms with Crippen LogP contribution in [0, 0.1) is 5.92 Å². The fourth-order valence-corrected chi connectivity index (χ4v) is 2.46. The SMILES string of the molecule is CC[C@H](C)[C@H](NC(=O)OC)C(=O)NCNCCCCc1ccccc1.Cl. The monoisotopic (exact) mass is 385 g/mol. The minimum atomic E-state index is -0.589. The van der Waals surface area contributed by atoms with Crippen LogP contribution in [0.25, 0.3) is 0 Å². The van der Waals surface area contributed by atoms with Gasteiger partial charge in [-0.2, -0.15) is 0 Å². The maximum absolute atomic E-state index is 12.2. The van der Waals surface area contributed by atoms with E-state index in [0.29, 0.717) is 6.67 Å². The Morgan fingerprint density at radius 3 is 2.46 bits per heavy atom. The summed E-state index contributed by atoms with van der Waals surface area (Å²) in [5.41, 5.74) is 1.35. The van der Waals surface area contributed by atoms with E-state index in [9.17, 15) is 9.59 Å². The second kappa shape index (κ2) is 14.4. The second-order valence-electron chi connectivity index (χ2n) is 6.16. The largest absolute Gasteiger partial charge is 0.453 e. The van der Waals surface area contributed by atoms with Crippen molar-refractivity contribution in [3.05, 3.63) is 35.9 Å². The van der Waals surface area contributed by atoms with E-state index < -0.39 is 12.1 Å². The number of carbonyl (C=O) groups is 2. The molecule has 6 nitrogen and oxygen atoms in total. The second-order valence-corrected chi connectivity index (χ2v) is 6.16. The first-order valence-electron chi connectivity index (χ1n) is 8.95. The number of carbonyl (C=O) groups excluding carboxylic acids is 2. The van der Waals surface area contributed by atoms with Crippen LogP contribution in [-0.4, -0.2) is 38.4 Å². The average Bonchev–Trinajstić information content (AvgIpc) is 2.65. The lowest BCUT2D eigenvalue weighted by atomic mass is 9.98. The van der Waals surface area contributed by atoms with Crippen molar-refractivity contribution < 1.29 is 14.3 Å². The first-order valence-corrected chi connectivity index (χ1v) is 8.95. The number of unbranched alkanes of at least 4 members (excludes halogenated alkanes) is 1. The molecule has 1 rings (SSSR count). The summed E-state index contributed by atoms with van der Waals surface area (Å²) in [6, 6.07) is 9.82. The van der Waals surface area contributed by atoms with Gasteiger partial charge in [0.1, 0.15) is 6.04 Å². The van der Waals surface area contributed by atoms with Crippen molar-refractivity contribution in [2.75, 3.05) is 20.3 Å². The number of benzene rings is 1. The van der Waals surface area contributed by atoms with Crippen LogP contribution < -0.4 is 16.0 Å². The number of amides is 2. The van der Waals surface area contributed by atoms with E-state index in [1.165, 1.54) is 12.7 Å². The van der Waals surface area contributed by atoms with E-state index >= 15 is 0 Å². The van der Waals surface area contributed by atoms with Crippen molar-refractivity contribution >= 4 is 24.4 Å². The molecule has 2 amide bonds. The van der Waals surface area contributed by atoms with Gasteiger partial charge in [0.05, 0.1) is 13.8 Å². The Morgan fingerprint density at radius 1 is 1.15 bits per heavy atom. The number of ether oxygens (including phenoxy) is 1. The molecule has 148 valence electrons. The lowest BCUT2D eigenvalue weighted by molar-refractivity contribution is -0.124. The number of rotatable bonds is 11. The smallest absolute Gasteiger partial charge is 0.407 e. The molecule has 26 heavy (non-hydrogen) atoms. The normalized spacial score (nSPS) is 12.4. The van der Waals surface area contributed by atoms with E-state index in [1.54, 1.807) is 0 Å². The van der Waals surface area contributed by atoms with Crippen LogP contribution in [0.5, 0.6) is 0 Å². The fourth-order valence-electron chi connectivity index (χ4n) is 2.46. The highest BCUT2D eigenvalue weighted by atomic mass is 35.5. The van der Waals surface area contributed by atoms with Crippen LogP contribution >= 0.6 is 12.4 Å². The summed E-state index contributed by atoms with van der Waals surface area (Å²) >= 11 is 0. The van der Waals surface area contributed by atoms with Crippen LogP contribution in [-0.2, 0) is 16.0 Å². The molecule has 1 aromatic carbocycles. The van der Waals surface area contributed by atoms with Crippen molar-refractivity contribution in [3.8, 4) is 0 Å². The predicted molar refractivity (Wildman–Crippen MR) is 106 cm³/mol. The van der Waals surface area contributed by atoms with Crippen molar-refractivity contribution in [1.82, 2.24) is 16.0 Å². The lowest BCUT2D eigenvalue weighted by Crippen LogP contribution is -2.51. The maximum atomic E-state index is 12.2. The number of alkyl carbamates (subject to hydrolysis) is 1. The van der Waals surface area contributed by atoms with Gasteiger partial charge in [0, 0.05) is 0 Å². The van der Waals surface area contributed by atoms with Gasteiger partial charge in [-0.25, -0.2) is 4.79 Å². The van der Waals surface area contributed by atoms with Gasteiger partial charge in [-0.15, -0.1) is 12.4 Å². The molecule has 0 spiro atoms. The van der Waals surface area contributed by atoms with Gasteiger partial charge >= 0.3 is 6.09 Å². The van der Waals surface area contributed by atoms with Crippen molar-refractivity contribution in [3.63, 3.8) is 0 Å². The summed E-state index contributed by atoms with van der Waals surface area (Å²) in [7, 11) is 1.29. The fraction of sp³-hybridized carbons (Fsp3) is 0.579. The first kappa shape index (κ1) is 24.2. The highest BCUT2D eigenvalue weighted by Gasteiger charge is 2.25. The average molecular weight is 386 g/mol. The summed E-state index contributed by atoms with van der Waals surface area (Å²) in [5, 5.41) is 8.62. The Morgan fingerprint density at radius 2 is 1.85 bits per heavy atom. The van der Waals surface area contributed by atoms with Crippen LogP contribution in [0.4, 0.5) is 4.79 Å². The molecule has 0 aromatic heterocycles. The molecule has 0 aliphatic heterocycles. The molecule has 1 aromatic rings. The minimum absolute atomic E-state index is 0. The van der Waals surface area contributed by atoms with Crippen molar-refractivity contribution in [2.45, 2.75) is 45.6 Å². The zero-order chi connectivity index (χ0) is 18.5. The Balaban J connectivity index is 0.00000625. The van der Waals surface area contributed by atoms with Crippen LogP contribution in [0.3, 0.4) is 0 Å². The van der Waals surface area contributed by atoms with Crippen molar-refractivity contribution in [2.24, 2.45) is 5.92 Å². The van der Waals surface area contributed by atoms with E-state index in [1.807, 2.05) is 19.9 Å². The molecule has 0 aliphatic carbocycles. The number of halogens is 1. The van der Waals surface area contributed by atoms with Crippen molar-refractivity contribution in [1.29, 1.82) is 0 Å². The highest BCUT2D eigenvalue weighted by Crippen LogP contribution is 2.08. The molecule has 2 atom stereocenters. The Labute approximate surface area is 162 Å². The van der Waals surface area contributed by atoms with Crippen LogP contribution in [0.1, 0.15) is 38.7 Å². The van der Waals surface area contributed by atoms with E-state index in [2.05, 4.69) is 45.0 Å². The molecule has 0 aliphatic rings. The zero-order valence-corrected chi connectivity index (χ0v) is 16.7. The third-order valence-corrected chi connectivity index (χ3v) is 4.25. The van der Waals surface area contributed by atoms with Gasteiger partial charge < -0.3 is 15.4 Å². The maximum Gasteiger partial charge on any atom is 0.407 e. The molecule has 0 saturated carbocycles. The number of hydrogen-bond donors (Lipinski definition) is 3. The molecule has 0 fully saturated rings.